The zero-order chi connectivity index (χ0) is 15.6. The number of nitro groups is 1. The molecule has 1 aromatic heterocycles. The fourth-order valence-corrected chi connectivity index (χ4v) is 1.67. The van der Waals surface area contributed by atoms with Gasteiger partial charge >= 0.3 is 5.69 Å². The molecule has 0 bridgehead atoms. The Morgan fingerprint density at radius 1 is 1.29 bits per heavy atom. The number of amides is 1. The lowest BCUT2D eigenvalue weighted by molar-refractivity contribution is -0.387. The quantitative estimate of drug-likeness (QED) is 0.696. The molecule has 0 aliphatic heterocycles. The van der Waals surface area contributed by atoms with E-state index in [-0.39, 0.29) is 10.8 Å². The fraction of sp³-hybridized carbons (Fsp3) is 0. The Morgan fingerprint density at radius 3 is 2.62 bits per heavy atom. The normalized spacial score (nSPS) is 10.2. The highest BCUT2D eigenvalue weighted by atomic mass is 35.5. The van der Waals surface area contributed by atoms with Gasteiger partial charge in [0.1, 0.15) is 11.6 Å². The lowest BCUT2D eigenvalue weighted by atomic mass is 10.1. The molecule has 0 aliphatic rings. The Labute approximate surface area is 121 Å². The van der Waals surface area contributed by atoms with Crippen molar-refractivity contribution in [1.82, 2.24) is 4.98 Å². The van der Waals surface area contributed by atoms with Gasteiger partial charge in [0.25, 0.3) is 5.91 Å². The number of benzene rings is 1. The van der Waals surface area contributed by atoms with E-state index in [9.17, 15) is 23.7 Å². The van der Waals surface area contributed by atoms with Crippen molar-refractivity contribution in [3.63, 3.8) is 0 Å². The molecule has 9 heteroatoms. The van der Waals surface area contributed by atoms with Crippen molar-refractivity contribution in [3.8, 4) is 0 Å². The van der Waals surface area contributed by atoms with Crippen LogP contribution in [-0.2, 0) is 0 Å². The molecule has 0 saturated carbocycles. The Hall–Kier alpha value is -2.61. The van der Waals surface area contributed by atoms with Crippen molar-refractivity contribution in [2.24, 2.45) is 0 Å². The van der Waals surface area contributed by atoms with Gasteiger partial charge in [0.2, 0.25) is 5.82 Å². The molecule has 0 spiro atoms. The first kappa shape index (κ1) is 14.8. The first-order chi connectivity index (χ1) is 9.88. The van der Waals surface area contributed by atoms with E-state index in [0.29, 0.717) is 12.1 Å². The lowest BCUT2D eigenvalue weighted by Crippen LogP contribution is -2.15. The van der Waals surface area contributed by atoms with E-state index < -0.39 is 33.7 Å². The highest BCUT2D eigenvalue weighted by Gasteiger charge is 2.22. The van der Waals surface area contributed by atoms with Crippen molar-refractivity contribution < 1.29 is 18.5 Å². The third-order valence-corrected chi connectivity index (χ3v) is 2.68. The maximum atomic E-state index is 13.6. The number of carbonyl (C=O) groups is 1. The van der Waals surface area contributed by atoms with Crippen LogP contribution < -0.4 is 5.32 Å². The van der Waals surface area contributed by atoms with Crippen LogP contribution >= 0.6 is 11.6 Å². The molecule has 0 saturated heterocycles. The Balaban J connectivity index is 2.31. The number of hydrogen-bond donors (Lipinski definition) is 1. The fourth-order valence-electron chi connectivity index (χ4n) is 1.51. The van der Waals surface area contributed by atoms with Crippen LogP contribution in [-0.4, -0.2) is 15.8 Å². The van der Waals surface area contributed by atoms with Gasteiger partial charge in [-0.15, -0.1) is 0 Å². The van der Waals surface area contributed by atoms with Crippen LogP contribution in [0.25, 0.3) is 0 Å². The molecule has 0 atom stereocenters. The molecule has 2 aromatic rings. The molecule has 108 valence electrons. The Morgan fingerprint density at radius 2 is 2.00 bits per heavy atom. The third kappa shape index (κ3) is 3.29. The number of anilines is 1. The summed E-state index contributed by atoms with van der Waals surface area (Å²) in [6.07, 6.45) is 1.31. The van der Waals surface area contributed by atoms with Gasteiger partial charge in [-0.1, -0.05) is 11.6 Å². The summed E-state index contributed by atoms with van der Waals surface area (Å²) in [6.45, 7) is 0. The second-order valence-electron chi connectivity index (χ2n) is 3.85. The summed E-state index contributed by atoms with van der Waals surface area (Å²) in [7, 11) is 0. The second-order valence-corrected chi connectivity index (χ2v) is 4.29. The molecule has 0 unspecified atom stereocenters. The molecule has 0 radical (unpaired) electrons. The van der Waals surface area contributed by atoms with E-state index in [0.717, 1.165) is 0 Å². The maximum Gasteiger partial charge on any atom is 0.307 e. The zero-order valence-corrected chi connectivity index (χ0v) is 10.9. The van der Waals surface area contributed by atoms with Crippen molar-refractivity contribution in [3.05, 3.63) is 62.8 Å². The number of pyridine rings is 1. The molecule has 0 aliphatic carbocycles. The smallest absolute Gasteiger partial charge is 0.306 e. The molecular weight excluding hydrogens is 308 g/mol. The standard InChI is InChI=1S/C12H6ClF2N3O3/c13-6-1-2-16-11(3-6)17-12(19)7-4-9(15)10(18(20)21)5-8(7)14/h1-5H,(H,16,17,19). The number of nitrogens with zero attached hydrogens (tertiary/aromatic N) is 2. The summed E-state index contributed by atoms with van der Waals surface area (Å²) in [5.74, 6) is -3.50. The summed E-state index contributed by atoms with van der Waals surface area (Å²) in [5.41, 5.74) is -1.73. The van der Waals surface area contributed by atoms with Crippen molar-refractivity contribution in [1.29, 1.82) is 0 Å². The largest absolute Gasteiger partial charge is 0.307 e. The number of nitro benzene ring substituents is 1. The van der Waals surface area contributed by atoms with E-state index >= 15 is 0 Å². The summed E-state index contributed by atoms with van der Waals surface area (Å²) in [5, 5.41) is 12.9. The topological polar surface area (TPSA) is 85.1 Å². The van der Waals surface area contributed by atoms with Gasteiger partial charge in [-0.25, -0.2) is 9.37 Å². The van der Waals surface area contributed by atoms with Crippen LogP contribution in [0.1, 0.15) is 10.4 Å². The van der Waals surface area contributed by atoms with Crippen molar-refractivity contribution >= 4 is 29.0 Å². The molecule has 0 fully saturated rings. The van der Waals surface area contributed by atoms with Crippen LogP contribution in [0, 0.1) is 21.7 Å². The first-order valence-electron chi connectivity index (χ1n) is 5.45. The van der Waals surface area contributed by atoms with Crippen LogP contribution in [0.2, 0.25) is 5.02 Å². The van der Waals surface area contributed by atoms with Crippen LogP contribution in [0.15, 0.2) is 30.5 Å². The second kappa shape index (κ2) is 5.80. The molecule has 6 nitrogen and oxygen atoms in total. The first-order valence-corrected chi connectivity index (χ1v) is 5.82. The van der Waals surface area contributed by atoms with Gasteiger partial charge in [0, 0.05) is 11.2 Å². The van der Waals surface area contributed by atoms with Gasteiger partial charge in [0.05, 0.1) is 16.6 Å². The minimum Gasteiger partial charge on any atom is -0.306 e. The number of carbonyl (C=O) groups excluding carboxylic acids is 1. The maximum absolute atomic E-state index is 13.6. The van der Waals surface area contributed by atoms with Gasteiger partial charge in [-0.2, -0.15) is 4.39 Å². The average Bonchev–Trinajstić information content (AvgIpc) is 2.40. The lowest BCUT2D eigenvalue weighted by Gasteiger charge is -2.06. The van der Waals surface area contributed by atoms with E-state index in [1.165, 1.54) is 18.3 Å². The zero-order valence-electron chi connectivity index (χ0n) is 10.1. The van der Waals surface area contributed by atoms with Crippen molar-refractivity contribution in [2.75, 3.05) is 5.32 Å². The predicted molar refractivity (Wildman–Crippen MR) is 70.2 cm³/mol. The summed E-state index contributed by atoms with van der Waals surface area (Å²) >= 11 is 5.69. The molecule has 1 amide bonds. The highest BCUT2D eigenvalue weighted by Crippen LogP contribution is 2.22. The van der Waals surface area contributed by atoms with Crippen molar-refractivity contribution in [2.45, 2.75) is 0 Å². The Kier molecular flexibility index (Phi) is 4.08. The predicted octanol–water partition coefficient (Wildman–Crippen LogP) is 3.17. The number of hydrogen-bond acceptors (Lipinski definition) is 4. The Bertz CT molecular complexity index is 740. The molecule has 1 N–H and O–H groups in total. The number of rotatable bonds is 3. The van der Waals surface area contributed by atoms with Crippen LogP contribution in [0.5, 0.6) is 0 Å². The van der Waals surface area contributed by atoms with E-state index in [1.807, 2.05) is 0 Å². The van der Waals surface area contributed by atoms with Gasteiger partial charge in [0.15, 0.2) is 0 Å². The number of halogens is 3. The molecule has 1 aromatic carbocycles. The monoisotopic (exact) mass is 313 g/mol. The summed E-state index contributed by atoms with van der Waals surface area (Å²) in [4.78, 5) is 24.9. The van der Waals surface area contributed by atoms with Gasteiger partial charge < -0.3 is 5.32 Å². The van der Waals surface area contributed by atoms with E-state index in [4.69, 9.17) is 11.6 Å². The molecule has 21 heavy (non-hydrogen) atoms. The average molecular weight is 314 g/mol. The minimum atomic E-state index is -1.31. The SMILES string of the molecule is O=C(Nc1cc(Cl)ccn1)c1cc(F)c([N+](=O)[O-])cc1F. The van der Waals surface area contributed by atoms with E-state index in [2.05, 4.69) is 10.3 Å². The number of nitrogens with one attached hydrogen (secondary N) is 1. The third-order valence-electron chi connectivity index (χ3n) is 2.44. The van der Waals surface area contributed by atoms with Gasteiger partial charge in [-0.3, -0.25) is 14.9 Å². The molecule has 2 rings (SSSR count). The van der Waals surface area contributed by atoms with Crippen LogP contribution in [0.3, 0.4) is 0 Å². The molecular formula is C12H6ClF2N3O3. The van der Waals surface area contributed by atoms with Gasteiger partial charge in [-0.05, 0) is 18.2 Å². The minimum absolute atomic E-state index is 0.0330. The van der Waals surface area contributed by atoms with Crippen LogP contribution in [0.4, 0.5) is 20.3 Å². The molecule has 1 heterocycles. The summed E-state index contributed by atoms with van der Waals surface area (Å²) in [6, 6.07) is 3.56. The summed E-state index contributed by atoms with van der Waals surface area (Å²) < 4.78 is 27.1. The highest BCUT2D eigenvalue weighted by molar-refractivity contribution is 6.30. The van der Waals surface area contributed by atoms with E-state index in [1.54, 1.807) is 0 Å². The number of aromatic nitrogens is 1.